The zero-order valence-electron chi connectivity index (χ0n) is 11.8. The van der Waals surface area contributed by atoms with Gasteiger partial charge in [0.25, 0.3) is 0 Å². The summed E-state index contributed by atoms with van der Waals surface area (Å²) in [6.07, 6.45) is 1.72. The molecular formula is C15H24O2. The number of carbonyl (C=O) groups is 1. The Morgan fingerprint density at radius 3 is 1.88 bits per heavy atom. The number of ketones is 1. The summed E-state index contributed by atoms with van der Waals surface area (Å²) in [5, 5.41) is 0. The van der Waals surface area contributed by atoms with Crippen molar-refractivity contribution in [3.63, 3.8) is 0 Å². The van der Waals surface area contributed by atoms with Crippen molar-refractivity contribution in [2.24, 2.45) is 0 Å². The van der Waals surface area contributed by atoms with Gasteiger partial charge < -0.3 is 4.74 Å². The maximum Gasteiger partial charge on any atom is 0.194 e. The van der Waals surface area contributed by atoms with Crippen molar-refractivity contribution in [3.8, 4) is 0 Å². The van der Waals surface area contributed by atoms with E-state index in [9.17, 15) is 4.79 Å². The van der Waals surface area contributed by atoms with Crippen LogP contribution in [0.5, 0.6) is 0 Å². The van der Waals surface area contributed by atoms with Gasteiger partial charge >= 0.3 is 0 Å². The first-order valence-corrected chi connectivity index (χ1v) is 6.05. The predicted molar refractivity (Wildman–Crippen MR) is 74.8 cm³/mol. The Hall–Kier alpha value is -1.57. The van der Waals surface area contributed by atoms with Gasteiger partial charge in [-0.2, -0.15) is 0 Å². The SMILES string of the molecule is CC.CC.CO/C(=C\c1ccccc1)C(C)=O. The van der Waals surface area contributed by atoms with Gasteiger partial charge in [0.2, 0.25) is 0 Å². The molecule has 0 unspecified atom stereocenters. The highest BCUT2D eigenvalue weighted by Crippen LogP contribution is 2.07. The minimum Gasteiger partial charge on any atom is -0.493 e. The molecule has 0 aliphatic carbocycles. The van der Waals surface area contributed by atoms with Crippen LogP contribution < -0.4 is 0 Å². The fraction of sp³-hybridized carbons (Fsp3) is 0.400. The Morgan fingerprint density at radius 2 is 1.53 bits per heavy atom. The van der Waals surface area contributed by atoms with Gasteiger partial charge in [-0.25, -0.2) is 0 Å². The molecule has 0 saturated heterocycles. The number of allylic oxidation sites excluding steroid dienone is 1. The molecule has 1 rings (SSSR count). The zero-order chi connectivity index (χ0) is 13.7. The number of carbonyl (C=O) groups excluding carboxylic acids is 1. The Labute approximate surface area is 105 Å². The predicted octanol–water partition coefficient (Wildman–Crippen LogP) is 4.32. The van der Waals surface area contributed by atoms with Crippen LogP contribution in [0.3, 0.4) is 0 Å². The molecule has 2 heteroatoms. The summed E-state index contributed by atoms with van der Waals surface area (Å²) in [4.78, 5) is 11.0. The quantitative estimate of drug-likeness (QED) is 0.577. The first kappa shape index (κ1) is 17.8. The molecule has 2 nitrogen and oxygen atoms in total. The van der Waals surface area contributed by atoms with Crippen molar-refractivity contribution in [2.75, 3.05) is 7.11 Å². The fourth-order valence-electron chi connectivity index (χ4n) is 1.00. The summed E-state index contributed by atoms with van der Waals surface area (Å²) in [5.41, 5.74) is 0.967. The van der Waals surface area contributed by atoms with Crippen molar-refractivity contribution in [3.05, 3.63) is 41.7 Å². The van der Waals surface area contributed by atoms with Crippen molar-refractivity contribution < 1.29 is 9.53 Å². The maximum absolute atomic E-state index is 11.0. The summed E-state index contributed by atoms with van der Waals surface area (Å²) in [7, 11) is 1.50. The van der Waals surface area contributed by atoms with E-state index in [1.807, 2.05) is 58.0 Å². The second kappa shape index (κ2) is 12.5. The minimum absolute atomic E-state index is 0.0636. The van der Waals surface area contributed by atoms with E-state index >= 15 is 0 Å². The molecule has 0 aromatic heterocycles. The van der Waals surface area contributed by atoms with Crippen molar-refractivity contribution in [2.45, 2.75) is 34.6 Å². The van der Waals surface area contributed by atoms with Crippen LogP contribution in [0.4, 0.5) is 0 Å². The molecule has 0 fully saturated rings. The highest BCUT2D eigenvalue weighted by atomic mass is 16.5. The van der Waals surface area contributed by atoms with Crippen LogP contribution >= 0.6 is 0 Å². The van der Waals surface area contributed by atoms with Crippen molar-refractivity contribution in [1.82, 2.24) is 0 Å². The summed E-state index contributed by atoms with van der Waals surface area (Å²) >= 11 is 0. The van der Waals surface area contributed by atoms with E-state index in [2.05, 4.69) is 0 Å². The lowest BCUT2D eigenvalue weighted by atomic mass is 10.2. The van der Waals surface area contributed by atoms with E-state index in [0.29, 0.717) is 5.76 Å². The number of methoxy groups -OCH3 is 1. The van der Waals surface area contributed by atoms with Crippen molar-refractivity contribution in [1.29, 1.82) is 0 Å². The standard InChI is InChI=1S/C11H12O2.2C2H6/c1-9(12)11(13-2)8-10-6-4-3-5-7-10;2*1-2/h3-8H,1-2H3;2*1-2H3/b11-8-;;. The highest BCUT2D eigenvalue weighted by Gasteiger charge is 2.01. The molecule has 0 amide bonds. The van der Waals surface area contributed by atoms with Crippen molar-refractivity contribution >= 4 is 11.9 Å². The molecule has 0 N–H and O–H groups in total. The summed E-state index contributed by atoms with van der Waals surface area (Å²) < 4.78 is 4.93. The Kier molecular flexibility index (Phi) is 13.1. The summed E-state index contributed by atoms with van der Waals surface area (Å²) in [6, 6.07) is 9.60. The van der Waals surface area contributed by atoms with Crippen LogP contribution in [0.25, 0.3) is 6.08 Å². The first-order valence-electron chi connectivity index (χ1n) is 6.05. The smallest absolute Gasteiger partial charge is 0.194 e. The topological polar surface area (TPSA) is 26.3 Å². The molecular weight excluding hydrogens is 212 g/mol. The molecule has 0 atom stereocenters. The maximum atomic E-state index is 11.0. The first-order chi connectivity index (χ1) is 8.24. The molecule has 96 valence electrons. The van der Waals surface area contributed by atoms with Gasteiger partial charge in [-0.3, -0.25) is 4.79 Å². The summed E-state index contributed by atoms with van der Waals surface area (Å²) in [6.45, 7) is 9.48. The molecule has 0 aliphatic rings. The molecule has 0 aliphatic heterocycles. The normalized spacial score (nSPS) is 9.18. The fourth-order valence-corrected chi connectivity index (χ4v) is 1.00. The van der Waals surface area contributed by atoms with Gasteiger partial charge in [-0.1, -0.05) is 58.0 Å². The van der Waals surface area contributed by atoms with Crippen LogP contribution in [0.1, 0.15) is 40.2 Å². The van der Waals surface area contributed by atoms with Gasteiger partial charge in [0.05, 0.1) is 7.11 Å². The lowest BCUT2D eigenvalue weighted by Gasteiger charge is -2.00. The number of ether oxygens (including phenoxy) is 1. The third-order valence-corrected chi connectivity index (χ3v) is 1.66. The van der Waals surface area contributed by atoms with Gasteiger partial charge in [0.15, 0.2) is 11.5 Å². The monoisotopic (exact) mass is 236 g/mol. The third kappa shape index (κ3) is 8.26. The second-order valence-corrected chi connectivity index (χ2v) is 2.68. The zero-order valence-corrected chi connectivity index (χ0v) is 11.8. The largest absolute Gasteiger partial charge is 0.493 e. The van der Waals surface area contributed by atoms with Crippen LogP contribution in [0, 0.1) is 0 Å². The van der Waals surface area contributed by atoms with Gasteiger partial charge in [-0.15, -0.1) is 0 Å². The number of hydrogen-bond donors (Lipinski definition) is 0. The van der Waals surface area contributed by atoms with E-state index < -0.39 is 0 Å². The number of Topliss-reactive ketones (excluding diaryl/α,β-unsaturated/α-hetero) is 1. The third-order valence-electron chi connectivity index (χ3n) is 1.66. The van der Waals surface area contributed by atoms with Crippen LogP contribution in [0.2, 0.25) is 0 Å². The molecule has 1 aromatic carbocycles. The number of hydrogen-bond acceptors (Lipinski definition) is 2. The van der Waals surface area contributed by atoms with Crippen LogP contribution in [-0.4, -0.2) is 12.9 Å². The lowest BCUT2D eigenvalue weighted by Crippen LogP contribution is -1.98. The molecule has 17 heavy (non-hydrogen) atoms. The Balaban J connectivity index is 0. The molecule has 1 aromatic rings. The van der Waals surface area contributed by atoms with E-state index in [-0.39, 0.29) is 5.78 Å². The Morgan fingerprint density at radius 1 is 1.06 bits per heavy atom. The highest BCUT2D eigenvalue weighted by molar-refractivity contribution is 5.95. The van der Waals surface area contributed by atoms with Crippen LogP contribution in [-0.2, 0) is 9.53 Å². The molecule has 0 saturated carbocycles. The van der Waals surface area contributed by atoms with Gasteiger partial charge in [-0.05, 0) is 11.6 Å². The minimum atomic E-state index is -0.0636. The van der Waals surface area contributed by atoms with E-state index in [0.717, 1.165) is 5.56 Å². The number of rotatable bonds is 3. The van der Waals surface area contributed by atoms with E-state index in [1.165, 1.54) is 14.0 Å². The molecule has 0 radical (unpaired) electrons. The molecule has 0 heterocycles. The van der Waals surface area contributed by atoms with E-state index in [4.69, 9.17) is 4.74 Å². The number of benzene rings is 1. The van der Waals surface area contributed by atoms with E-state index in [1.54, 1.807) is 6.08 Å². The van der Waals surface area contributed by atoms with Crippen LogP contribution in [0.15, 0.2) is 36.1 Å². The Bertz CT molecular complexity index is 313. The lowest BCUT2D eigenvalue weighted by molar-refractivity contribution is -0.116. The van der Waals surface area contributed by atoms with Gasteiger partial charge in [0, 0.05) is 6.92 Å². The van der Waals surface area contributed by atoms with Gasteiger partial charge in [0.1, 0.15) is 0 Å². The average molecular weight is 236 g/mol. The average Bonchev–Trinajstić information content (AvgIpc) is 2.41. The molecule has 0 bridgehead atoms. The second-order valence-electron chi connectivity index (χ2n) is 2.68. The molecule has 0 spiro atoms. The summed E-state index contributed by atoms with van der Waals surface area (Å²) in [5.74, 6) is 0.317.